The van der Waals surface area contributed by atoms with Gasteiger partial charge in [-0.1, -0.05) is 12.8 Å². The van der Waals surface area contributed by atoms with Crippen molar-refractivity contribution < 1.29 is 14.3 Å². The van der Waals surface area contributed by atoms with E-state index < -0.39 is 4.92 Å². The number of anilines is 1. The molecule has 0 aliphatic heterocycles. The van der Waals surface area contributed by atoms with Gasteiger partial charge in [-0.25, -0.2) is 4.63 Å². The lowest BCUT2D eigenvalue weighted by atomic mass is 10.1. The van der Waals surface area contributed by atoms with Gasteiger partial charge in [0, 0.05) is 24.9 Å². The second kappa shape index (κ2) is 8.05. The molecule has 8 nitrogen and oxygen atoms in total. The molecular formula is C16H24N4O4. The maximum Gasteiger partial charge on any atom is 0.302 e. The van der Waals surface area contributed by atoms with Gasteiger partial charge < -0.3 is 10.1 Å². The van der Waals surface area contributed by atoms with E-state index in [1.165, 1.54) is 6.07 Å². The average Bonchev–Trinajstić information content (AvgIpc) is 2.96. The smallest absolute Gasteiger partial charge is 0.302 e. The molecule has 1 N–H and O–H groups in total. The quantitative estimate of drug-likeness (QED) is 0.420. The van der Waals surface area contributed by atoms with Gasteiger partial charge in [0.2, 0.25) is 5.52 Å². The van der Waals surface area contributed by atoms with E-state index in [2.05, 4.69) is 41.0 Å². The van der Waals surface area contributed by atoms with Crippen molar-refractivity contribution in [3.05, 3.63) is 22.2 Å². The first kappa shape index (κ1) is 18.1. The second-order valence-electron chi connectivity index (χ2n) is 6.69. The minimum atomic E-state index is -0.479. The first-order chi connectivity index (χ1) is 11.4. The highest BCUT2D eigenvalue weighted by atomic mass is 16.6. The van der Waals surface area contributed by atoms with Crippen LogP contribution in [0.1, 0.15) is 46.5 Å². The third kappa shape index (κ3) is 5.45. The number of aromatic nitrogens is 2. The first-order valence-electron chi connectivity index (χ1n) is 8.15. The summed E-state index contributed by atoms with van der Waals surface area (Å²) in [5.74, 6) is 0. The SMILES string of the molecule is CC(C)(C)OCCCCCCNc1cc([N+](=O)[O-])c2nonc2c1. The highest BCUT2D eigenvalue weighted by Crippen LogP contribution is 2.27. The minimum absolute atomic E-state index is 0.0785. The zero-order valence-electron chi connectivity index (χ0n) is 14.4. The van der Waals surface area contributed by atoms with E-state index in [9.17, 15) is 10.1 Å². The highest BCUT2D eigenvalue weighted by molar-refractivity contribution is 5.87. The molecule has 0 unspecified atom stereocenters. The predicted molar refractivity (Wildman–Crippen MR) is 91.1 cm³/mol. The number of nitrogens with zero attached hydrogens (tertiary/aromatic N) is 3. The molecule has 0 spiro atoms. The summed E-state index contributed by atoms with van der Waals surface area (Å²) in [6.07, 6.45) is 4.21. The first-order valence-corrected chi connectivity index (χ1v) is 8.15. The van der Waals surface area contributed by atoms with Crippen LogP contribution in [-0.2, 0) is 4.74 Å². The Morgan fingerprint density at radius 2 is 1.96 bits per heavy atom. The number of nitrogens with one attached hydrogen (secondary N) is 1. The minimum Gasteiger partial charge on any atom is -0.385 e. The number of hydrogen-bond acceptors (Lipinski definition) is 7. The molecule has 0 atom stereocenters. The summed E-state index contributed by atoms with van der Waals surface area (Å²) in [6, 6.07) is 3.17. The topological polar surface area (TPSA) is 103 Å². The molecule has 2 aromatic rings. The molecule has 0 aliphatic rings. The summed E-state index contributed by atoms with van der Waals surface area (Å²) < 4.78 is 10.2. The molecule has 0 aliphatic carbocycles. The summed E-state index contributed by atoms with van der Waals surface area (Å²) in [6.45, 7) is 7.68. The fraction of sp³-hybridized carbons (Fsp3) is 0.625. The fourth-order valence-corrected chi connectivity index (χ4v) is 2.31. The highest BCUT2D eigenvalue weighted by Gasteiger charge is 2.18. The van der Waals surface area contributed by atoms with Gasteiger partial charge in [0.05, 0.1) is 10.5 Å². The molecule has 24 heavy (non-hydrogen) atoms. The van der Waals surface area contributed by atoms with Gasteiger partial charge in [-0.2, -0.15) is 0 Å². The Balaban J connectivity index is 1.73. The van der Waals surface area contributed by atoms with E-state index in [-0.39, 0.29) is 16.8 Å². The van der Waals surface area contributed by atoms with Crippen LogP contribution in [0.25, 0.3) is 11.0 Å². The van der Waals surface area contributed by atoms with Crippen LogP contribution < -0.4 is 5.32 Å². The third-order valence-corrected chi connectivity index (χ3v) is 3.47. The Morgan fingerprint density at radius 1 is 1.21 bits per heavy atom. The van der Waals surface area contributed by atoms with E-state index in [1.54, 1.807) is 6.07 Å². The molecule has 8 heteroatoms. The third-order valence-electron chi connectivity index (χ3n) is 3.47. The van der Waals surface area contributed by atoms with Gasteiger partial charge in [0.15, 0.2) is 0 Å². The lowest BCUT2D eigenvalue weighted by molar-refractivity contribution is -0.383. The summed E-state index contributed by atoms with van der Waals surface area (Å²) in [7, 11) is 0. The van der Waals surface area contributed by atoms with Crippen LogP contribution in [0.2, 0.25) is 0 Å². The van der Waals surface area contributed by atoms with Crippen molar-refractivity contribution in [2.45, 2.75) is 52.1 Å². The van der Waals surface area contributed by atoms with E-state index in [0.29, 0.717) is 11.2 Å². The predicted octanol–water partition coefficient (Wildman–Crippen LogP) is 3.92. The molecule has 0 fully saturated rings. The Kier molecular flexibility index (Phi) is 6.08. The largest absolute Gasteiger partial charge is 0.385 e. The van der Waals surface area contributed by atoms with Crippen molar-refractivity contribution in [2.24, 2.45) is 0 Å². The summed E-state index contributed by atoms with van der Waals surface area (Å²) in [5.41, 5.74) is 1.03. The Bertz CT molecular complexity index is 678. The Labute approximate surface area is 140 Å². The fourth-order valence-electron chi connectivity index (χ4n) is 2.31. The molecule has 0 bridgehead atoms. The van der Waals surface area contributed by atoms with Crippen molar-refractivity contribution in [1.82, 2.24) is 10.3 Å². The van der Waals surface area contributed by atoms with Crippen molar-refractivity contribution in [2.75, 3.05) is 18.5 Å². The standard InChI is InChI=1S/C16H24N4O4/c1-16(2,3)23-9-7-5-4-6-8-17-12-10-13-15(19-24-18-13)14(11-12)20(21)22/h10-11,17H,4-9H2,1-3H3. The second-order valence-corrected chi connectivity index (χ2v) is 6.69. The van der Waals surface area contributed by atoms with E-state index >= 15 is 0 Å². The van der Waals surface area contributed by atoms with E-state index in [1.807, 2.05) is 0 Å². The summed E-state index contributed by atoms with van der Waals surface area (Å²) in [4.78, 5) is 10.6. The summed E-state index contributed by atoms with van der Waals surface area (Å²) >= 11 is 0. The zero-order chi connectivity index (χ0) is 17.6. The van der Waals surface area contributed by atoms with Crippen molar-refractivity contribution in [3.8, 4) is 0 Å². The molecule has 0 saturated heterocycles. The molecule has 0 saturated carbocycles. The number of hydrogen-bond donors (Lipinski definition) is 1. The molecule has 1 aromatic carbocycles. The number of non-ortho nitro benzene ring substituents is 1. The van der Waals surface area contributed by atoms with E-state index in [0.717, 1.165) is 38.8 Å². The maximum absolute atomic E-state index is 11.1. The van der Waals surface area contributed by atoms with Crippen LogP contribution in [0.15, 0.2) is 16.8 Å². The number of fused-ring (bicyclic) bond motifs is 1. The average molecular weight is 336 g/mol. The van der Waals surface area contributed by atoms with Crippen molar-refractivity contribution in [1.29, 1.82) is 0 Å². The van der Waals surface area contributed by atoms with Crippen LogP contribution in [0.5, 0.6) is 0 Å². The van der Waals surface area contributed by atoms with Gasteiger partial charge in [-0.3, -0.25) is 10.1 Å². The zero-order valence-corrected chi connectivity index (χ0v) is 14.4. The van der Waals surface area contributed by atoms with Crippen molar-refractivity contribution in [3.63, 3.8) is 0 Å². The normalized spacial score (nSPS) is 11.8. The Hall–Kier alpha value is -2.22. The van der Waals surface area contributed by atoms with Gasteiger partial charge >= 0.3 is 5.69 Å². The molecule has 0 radical (unpaired) electrons. The maximum atomic E-state index is 11.1. The lowest BCUT2D eigenvalue weighted by Crippen LogP contribution is -2.19. The molecule has 1 heterocycles. The molecular weight excluding hydrogens is 312 g/mol. The van der Waals surface area contributed by atoms with Crippen LogP contribution >= 0.6 is 0 Å². The number of nitro groups is 1. The van der Waals surface area contributed by atoms with Gasteiger partial charge in [-0.05, 0) is 50.0 Å². The van der Waals surface area contributed by atoms with Gasteiger partial charge in [0.25, 0.3) is 0 Å². The monoisotopic (exact) mass is 336 g/mol. The summed E-state index contributed by atoms with van der Waals surface area (Å²) in [5, 5.41) is 21.5. The van der Waals surface area contributed by atoms with Gasteiger partial charge in [-0.15, -0.1) is 0 Å². The molecule has 132 valence electrons. The number of benzene rings is 1. The number of unbranched alkanes of at least 4 members (excludes halogenated alkanes) is 3. The Morgan fingerprint density at radius 3 is 2.67 bits per heavy atom. The van der Waals surface area contributed by atoms with Crippen LogP contribution in [0.3, 0.4) is 0 Å². The number of rotatable bonds is 9. The van der Waals surface area contributed by atoms with Gasteiger partial charge in [0.1, 0.15) is 5.52 Å². The van der Waals surface area contributed by atoms with Crippen LogP contribution in [0.4, 0.5) is 11.4 Å². The molecule has 0 amide bonds. The van der Waals surface area contributed by atoms with E-state index in [4.69, 9.17) is 4.74 Å². The molecule has 1 aromatic heterocycles. The van der Waals surface area contributed by atoms with Crippen molar-refractivity contribution >= 4 is 22.4 Å². The molecule has 2 rings (SSSR count). The van der Waals surface area contributed by atoms with Crippen LogP contribution in [0, 0.1) is 10.1 Å². The van der Waals surface area contributed by atoms with Crippen LogP contribution in [-0.4, -0.2) is 34.0 Å². The lowest BCUT2D eigenvalue weighted by Gasteiger charge is -2.19. The number of ether oxygens (including phenoxy) is 1. The number of nitro benzene ring substituents is 1.